The molecule has 3 rings (SSSR count). The summed E-state index contributed by atoms with van der Waals surface area (Å²) in [4.78, 5) is 14.6. The van der Waals surface area contributed by atoms with E-state index in [0.717, 1.165) is 16.4 Å². The van der Waals surface area contributed by atoms with E-state index in [1.54, 1.807) is 0 Å². The third-order valence-electron chi connectivity index (χ3n) is 3.30. The Morgan fingerprint density at radius 3 is 2.45 bits per heavy atom. The molecular weight excluding hydrogens is 300 g/mol. The monoisotopic (exact) mass is 314 g/mol. The summed E-state index contributed by atoms with van der Waals surface area (Å²) < 4.78 is 0. The summed E-state index contributed by atoms with van der Waals surface area (Å²) in [7, 11) is 1.96. The molecular formula is C15H15ClN6. The van der Waals surface area contributed by atoms with Crippen LogP contribution in [0, 0.1) is 0 Å². The molecule has 3 aromatic rings. The maximum absolute atomic E-state index is 5.90. The zero-order chi connectivity index (χ0) is 15.7. The van der Waals surface area contributed by atoms with Gasteiger partial charge in [-0.05, 0) is 29.8 Å². The van der Waals surface area contributed by atoms with Crippen LogP contribution < -0.4 is 16.4 Å². The first-order chi connectivity index (χ1) is 10.5. The number of halogens is 1. The van der Waals surface area contributed by atoms with Crippen LogP contribution in [0.2, 0.25) is 5.02 Å². The fraction of sp³-hybridized carbons (Fsp3) is 0.133. The lowest BCUT2D eigenvalue weighted by Crippen LogP contribution is -2.17. The molecule has 0 amide bonds. The second-order valence-corrected chi connectivity index (χ2v) is 5.42. The van der Waals surface area contributed by atoms with E-state index in [2.05, 4.69) is 15.0 Å². The molecule has 0 bridgehead atoms. The van der Waals surface area contributed by atoms with E-state index in [9.17, 15) is 0 Å². The number of hydrogen-bond acceptors (Lipinski definition) is 6. The van der Waals surface area contributed by atoms with Crippen molar-refractivity contribution in [1.29, 1.82) is 0 Å². The number of anilines is 3. The van der Waals surface area contributed by atoms with Crippen molar-refractivity contribution in [2.45, 2.75) is 6.54 Å². The number of fused-ring (bicyclic) bond motifs is 1. The topological polar surface area (TPSA) is 94.0 Å². The molecule has 0 aliphatic heterocycles. The van der Waals surface area contributed by atoms with Crippen molar-refractivity contribution in [1.82, 2.24) is 15.0 Å². The van der Waals surface area contributed by atoms with Gasteiger partial charge in [0, 0.05) is 18.6 Å². The van der Waals surface area contributed by atoms with E-state index >= 15 is 0 Å². The number of nitrogens with two attached hydrogens (primary N) is 2. The van der Waals surface area contributed by atoms with Crippen molar-refractivity contribution >= 4 is 40.2 Å². The first kappa shape index (κ1) is 14.3. The molecule has 2 heterocycles. The molecule has 2 aromatic heterocycles. The fourth-order valence-electron chi connectivity index (χ4n) is 2.20. The van der Waals surface area contributed by atoms with Crippen LogP contribution in [0.4, 0.5) is 17.6 Å². The summed E-state index contributed by atoms with van der Waals surface area (Å²) >= 11 is 5.90. The Bertz CT molecular complexity index is 818. The maximum Gasteiger partial charge on any atom is 0.222 e. The molecule has 0 spiro atoms. The van der Waals surface area contributed by atoms with Gasteiger partial charge in [0.15, 0.2) is 5.82 Å². The van der Waals surface area contributed by atoms with Gasteiger partial charge in [0.1, 0.15) is 11.3 Å². The largest absolute Gasteiger partial charge is 0.382 e. The Morgan fingerprint density at radius 2 is 1.73 bits per heavy atom. The van der Waals surface area contributed by atoms with Crippen LogP contribution in [-0.2, 0) is 6.54 Å². The molecule has 22 heavy (non-hydrogen) atoms. The minimum Gasteiger partial charge on any atom is -0.382 e. The summed E-state index contributed by atoms with van der Waals surface area (Å²) in [5.41, 5.74) is 13.8. The van der Waals surface area contributed by atoms with Crippen LogP contribution in [0.3, 0.4) is 0 Å². The molecule has 1 aromatic carbocycles. The summed E-state index contributed by atoms with van der Waals surface area (Å²) in [6.07, 6.45) is 0. The highest BCUT2D eigenvalue weighted by atomic mass is 35.5. The first-order valence-corrected chi connectivity index (χ1v) is 7.06. The van der Waals surface area contributed by atoms with Crippen molar-refractivity contribution in [2.24, 2.45) is 0 Å². The average molecular weight is 315 g/mol. The quantitative estimate of drug-likeness (QED) is 0.771. The van der Waals surface area contributed by atoms with Crippen molar-refractivity contribution in [3.8, 4) is 0 Å². The van der Waals surface area contributed by atoms with Gasteiger partial charge in [0.05, 0.1) is 5.52 Å². The zero-order valence-electron chi connectivity index (χ0n) is 12.0. The molecule has 6 nitrogen and oxygen atoms in total. The van der Waals surface area contributed by atoms with Gasteiger partial charge in [0.2, 0.25) is 5.95 Å². The molecule has 0 aliphatic rings. The molecule has 4 N–H and O–H groups in total. The van der Waals surface area contributed by atoms with Crippen LogP contribution in [-0.4, -0.2) is 22.0 Å². The Labute approximate surface area is 132 Å². The highest BCUT2D eigenvalue weighted by Gasteiger charge is 2.09. The molecule has 0 unspecified atom stereocenters. The number of aromatic nitrogens is 3. The number of rotatable bonds is 3. The molecule has 0 saturated carbocycles. The van der Waals surface area contributed by atoms with E-state index in [1.165, 1.54) is 0 Å². The van der Waals surface area contributed by atoms with Crippen LogP contribution in [0.25, 0.3) is 11.0 Å². The van der Waals surface area contributed by atoms with Gasteiger partial charge in [-0.25, -0.2) is 9.97 Å². The fourth-order valence-corrected chi connectivity index (χ4v) is 2.33. The van der Waals surface area contributed by atoms with Gasteiger partial charge in [-0.2, -0.15) is 4.98 Å². The lowest BCUT2D eigenvalue weighted by Gasteiger charge is -2.18. The van der Waals surface area contributed by atoms with Gasteiger partial charge in [-0.15, -0.1) is 0 Å². The first-order valence-electron chi connectivity index (χ1n) is 6.68. The number of benzene rings is 1. The number of hydrogen-bond donors (Lipinski definition) is 2. The van der Waals surface area contributed by atoms with Gasteiger partial charge in [-0.3, -0.25) is 0 Å². The van der Waals surface area contributed by atoms with E-state index in [1.807, 2.05) is 48.3 Å². The highest BCUT2D eigenvalue weighted by Crippen LogP contribution is 2.21. The SMILES string of the molecule is CN(Cc1ccc(Cl)cc1)c1ccc2nc(N)nc(N)c2n1. The van der Waals surface area contributed by atoms with E-state index in [4.69, 9.17) is 23.1 Å². The molecule has 0 fully saturated rings. The molecule has 0 saturated heterocycles. The third-order valence-corrected chi connectivity index (χ3v) is 3.55. The van der Waals surface area contributed by atoms with Crippen molar-refractivity contribution in [2.75, 3.05) is 23.4 Å². The Morgan fingerprint density at radius 1 is 1.00 bits per heavy atom. The average Bonchev–Trinajstić information content (AvgIpc) is 2.49. The molecule has 112 valence electrons. The van der Waals surface area contributed by atoms with E-state index in [-0.39, 0.29) is 11.8 Å². The van der Waals surface area contributed by atoms with Crippen molar-refractivity contribution < 1.29 is 0 Å². The summed E-state index contributed by atoms with van der Waals surface area (Å²) in [5, 5.41) is 0.720. The Hall–Kier alpha value is -2.60. The molecule has 0 aliphatic carbocycles. The van der Waals surface area contributed by atoms with Crippen LogP contribution in [0.15, 0.2) is 36.4 Å². The predicted octanol–water partition coefficient (Wildman–Crippen LogP) is 2.48. The summed E-state index contributed by atoms with van der Waals surface area (Å²) in [6.45, 7) is 0.700. The van der Waals surface area contributed by atoms with E-state index in [0.29, 0.717) is 17.6 Å². The lowest BCUT2D eigenvalue weighted by atomic mass is 10.2. The minimum absolute atomic E-state index is 0.147. The predicted molar refractivity (Wildman–Crippen MR) is 89.7 cm³/mol. The molecule has 0 radical (unpaired) electrons. The standard InChI is InChI=1S/C15H15ClN6/c1-22(8-9-2-4-10(16)5-3-9)12-7-6-11-13(20-12)14(17)21-15(18)19-11/h2-7H,8H2,1H3,(H4,17,18,19,21). The Kier molecular flexibility index (Phi) is 3.68. The van der Waals surface area contributed by atoms with Crippen LogP contribution in [0.1, 0.15) is 5.56 Å². The number of pyridine rings is 1. The van der Waals surface area contributed by atoms with Crippen molar-refractivity contribution in [3.63, 3.8) is 0 Å². The number of nitrogens with zero attached hydrogens (tertiary/aromatic N) is 4. The van der Waals surface area contributed by atoms with Gasteiger partial charge in [0.25, 0.3) is 0 Å². The second-order valence-electron chi connectivity index (χ2n) is 4.99. The smallest absolute Gasteiger partial charge is 0.222 e. The third kappa shape index (κ3) is 2.87. The van der Waals surface area contributed by atoms with E-state index < -0.39 is 0 Å². The minimum atomic E-state index is 0.147. The summed E-state index contributed by atoms with van der Waals surface area (Å²) in [5.74, 6) is 1.21. The highest BCUT2D eigenvalue weighted by molar-refractivity contribution is 6.30. The van der Waals surface area contributed by atoms with Gasteiger partial charge < -0.3 is 16.4 Å². The number of nitrogen functional groups attached to an aromatic ring is 2. The second kappa shape index (κ2) is 5.65. The maximum atomic E-state index is 5.90. The zero-order valence-corrected chi connectivity index (χ0v) is 12.7. The summed E-state index contributed by atoms with van der Waals surface area (Å²) in [6, 6.07) is 11.4. The van der Waals surface area contributed by atoms with Crippen LogP contribution >= 0.6 is 11.6 Å². The van der Waals surface area contributed by atoms with Gasteiger partial charge >= 0.3 is 0 Å². The lowest BCUT2D eigenvalue weighted by molar-refractivity contribution is 0.902. The molecule has 0 atom stereocenters. The van der Waals surface area contributed by atoms with Gasteiger partial charge in [-0.1, -0.05) is 23.7 Å². The van der Waals surface area contributed by atoms with Crippen LogP contribution in [0.5, 0.6) is 0 Å². The Balaban J connectivity index is 1.90. The van der Waals surface area contributed by atoms with Crippen molar-refractivity contribution in [3.05, 3.63) is 47.0 Å². The normalized spacial score (nSPS) is 10.8. The molecule has 7 heteroatoms.